The lowest BCUT2D eigenvalue weighted by Gasteiger charge is -2.29. The van der Waals surface area contributed by atoms with Crippen LogP contribution < -0.4 is 10.2 Å². The molecular weight excluding hydrogens is 426 g/mol. The summed E-state index contributed by atoms with van der Waals surface area (Å²) in [6.45, 7) is 1.42. The number of carbonyl (C=O) groups excluding carboxylic acids is 2. The Labute approximate surface area is 181 Å². The Morgan fingerprint density at radius 2 is 1.87 bits per heavy atom. The molecule has 0 radical (unpaired) electrons. The van der Waals surface area contributed by atoms with Crippen LogP contribution >= 0.6 is 11.6 Å². The Kier molecular flexibility index (Phi) is 6.80. The van der Waals surface area contributed by atoms with Gasteiger partial charge in [-0.15, -0.1) is 11.6 Å². The molecule has 7 nitrogen and oxygen atoms in total. The van der Waals surface area contributed by atoms with Crippen LogP contribution in [-0.4, -0.2) is 50.1 Å². The van der Waals surface area contributed by atoms with Crippen LogP contribution in [0.2, 0.25) is 0 Å². The van der Waals surface area contributed by atoms with E-state index in [1.807, 2.05) is 0 Å². The number of para-hydroxylation sites is 2. The molecule has 1 aliphatic rings. The molecule has 0 bridgehead atoms. The van der Waals surface area contributed by atoms with Crippen molar-refractivity contribution in [3.8, 4) is 0 Å². The Morgan fingerprint density at radius 1 is 1.20 bits per heavy atom. The van der Waals surface area contributed by atoms with Crippen LogP contribution in [0.5, 0.6) is 0 Å². The van der Waals surface area contributed by atoms with Crippen molar-refractivity contribution >= 4 is 44.8 Å². The zero-order valence-corrected chi connectivity index (χ0v) is 18.4. The SMILES string of the molecule is C[C@@H]1CC(=O)Nc2ccccc2N1C(=O)CN(C)S(=O)(=O)c1ccc(CCCl)cc1. The monoisotopic (exact) mass is 449 g/mol. The summed E-state index contributed by atoms with van der Waals surface area (Å²) in [6.07, 6.45) is 0.772. The maximum Gasteiger partial charge on any atom is 0.243 e. The van der Waals surface area contributed by atoms with Crippen LogP contribution in [0, 0.1) is 0 Å². The lowest BCUT2D eigenvalue weighted by atomic mass is 10.1. The fraction of sp³-hybridized carbons (Fsp3) is 0.333. The molecule has 1 heterocycles. The van der Waals surface area contributed by atoms with E-state index < -0.39 is 22.0 Å². The molecule has 2 aromatic rings. The third kappa shape index (κ3) is 4.66. The van der Waals surface area contributed by atoms with Crippen molar-refractivity contribution in [1.82, 2.24) is 4.31 Å². The number of nitrogens with zero attached hydrogens (tertiary/aromatic N) is 2. The van der Waals surface area contributed by atoms with E-state index in [2.05, 4.69) is 5.32 Å². The quantitative estimate of drug-likeness (QED) is 0.687. The van der Waals surface area contributed by atoms with E-state index >= 15 is 0 Å². The number of sulfonamides is 1. The summed E-state index contributed by atoms with van der Waals surface area (Å²) in [4.78, 5) is 26.8. The second-order valence-corrected chi connectivity index (χ2v) is 9.65. The van der Waals surface area contributed by atoms with Crippen molar-refractivity contribution in [2.75, 3.05) is 29.7 Å². The molecule has 30 heavy (non-hydrogen) atoms. The van der Waals surface area contributed by atoms with Crippen LogP contribution in [0.3, 0.4) is 0 Å². The molecule has 3 rings (SSSR count). The number of benzene rings is 2. The second kappa shape index (κ2) is 9.16. The summed E-state index contributed by atoms with van der Waals surface area (Å²) >= 11 is 5.72. The predicted octanol–water partition coefficient (Wildman–Crippen LogP) is 2.85. The number of carbonyl (C=O) groups is 2. The van der Waals surface area contributed by atoms with Gasteiger partial charge in [0.15, 0.2) is 0 Å². The molecule has 0 aromatic heterocycles. The fourth-order valence-corrected chi connectivity index (χ4v) is 4.78. The lowest BCUT2D eigenvalue weighted by molar-refractivity contribution is -0.119. The van der Waals surface area contributed by atoms with Crippen molar-refractivity contribution < 1.29 is 18.0 Å². The first-order valence-corrected chi connectivity index (χ1v) is 11.5. The molecule has 0 unspecified atom stereocenters. The van der Waals surface area contributed by atoms with Crippen molar-refractivity contribution in [2.24, 2.45) is 0 Å². The van der Waals surface area contributed by atoms with Gasteiger partial charge >= 0.3 is 0 Å². The first kappa shape index (κ1) is 22.3. The van der Waals surface area contributed by atoms with Gasteiger partial charge in [-0.05, 0) is 43.2 Å². The molecule has 0 saturated heterocycles. The number of alkyl halides is 1. The normalized spacial score (nSPS) is 16.7. The average Bonchev–Trinajstić information content (AvgIpc) is 2.82. The highest BCUT2D eigenvalue weighted by Gasteiger charge is 2.32. The molecule has 1 aliphatic heterocycles. The summed E-state index contributed by atoms with van der Waals surface area (Å²) in [5, 5.41) is 2.79. The fourth-order valence-electron chi connectivity index (χ4n) is 3.44. The number of hydrogen-bond donors (Lipinski definition) is 1. The van der Waals surface area contributed by atoms with Gasteiger partial charge in [-0.25, -0.2) is 8.42 Å². The number of rotatable bonds is 6. The van der Waals surface area contributed by atoms with E-state index in [1.165, 1.54) is 24.1 Å². The van der Waals surface area contributed by atoms with Gasteiger partial charge in [0, 0.05) is 25.4 Å². The Morgan fingerprint density at radius 3 is 2.53 bits per heavy atom. The van der Waals surface area contributed by atoms with Gasteiger partial charge in [0.2, 0.25) is 21.8 Å². The minimum atomic E-state index is -3.85. The molecule has 1 N–H and O–H groups in total. The second-order valence-electron chi connectivity index (χ2n) is 7.23. The molecule has 1 atom stereocenters. The van der Waals surface area contributed by atoms with Gasteiger partial charge in [-0.3, -0.25) is 9.59 Å². The maximum atomic E-state index is 13.1. The first-order valence-electron chi connectivity index (χ1n) is 9.56. The summed E-state index contributed by atoms with van der Waals surface area (Å²) in [5.41, 5.74) is 2.02. The molecule has 9 heteroatoms. The minimum Gasteiger partial charge on any atom is -0.324 e. The molecule has 0 spiro atoms. The van der Waals surface area contributed by atoms with E-state index in [4.69, 9.17) is 11.6 Å². The van der Waals surface area contributed by atoms with Gasteiger partial charge in [0.1, 0.15) is 0 Å². The number of aryl methyl sites for hydroxylation is 1. The Hall–Kier alpha value is -2.42. The van der Waals surface area contributed by atoms with Gasteiger partial charge in [-0.2, -0.15) is 4.31 Å². The predicted molar refractivity (Wildman–Crippen MR) is 117 cm³/mol. The van der Waals surface area contributed by atoms with Crippen LogP contribution in [0.1, 0.15) is 18.9 Å². The van der Waals surface area contributed by atoms with E-state index in [-0.39, 0.29) is 23.8 Å². The van der Waals surface area contributed by atoms with E-state index in [0.717, 1.165) is 9.87 Å². The van der Waals surface area contributed by atoms with Crippen LogP contribution in [0.15, 0.2) is 53.4 Å². The lowest BCUT2D eigenvalue weighted by Crippen LogP contribution is -2.45. The summed E-state index contributed by atoms with van der Waals surface area (Å²) < 4.78 is 26.9. The van der Waals surface area contributed by atoms with Crippen LogP contribution in [0.4, 0.5) is 11.4 Å². The molecule has 2 aromatic carbocycles. The highest BCUT2D eigenvalue weighted by molar-refractivity contribution is 7.89. The zero-order valence-electron chi connectivity index (χ0n) is 16.8. The van der Waals surface area contributed by atoms with Crippen molar-refractivity contribution in [3.05, 3.63) is 54.1 Å². The summed E-state index contributed by atoms with van der Waals surface area (Å²) in [6, 6.07) is 13.1. The third-order valence-corrected chi connectivity index (χ3v) is 7.01. The number of nitrogens with one attached hydrogen (secondary N) is 1. The summed E-state index contributed by atoms with van der Waals surface area (Å²) in [5.74, 6) is -0.146. The molecule has 0 saturated carbocycles. The molecular formula is C21H24ClN3O4S. The molecule has 0 aliphatic carbocycles. The minimum absolute atomic E-state index is 0.109. The van der Waals surface area contributed by atoms with Crippen LogP contribution in [-0.2, 0) is 26.0 Å². The molecule has 0 fully saturated rings. The maximum absolute atomic E-state index is 13.1. The first-order chi connectivity index (χ1) is 14.2. The number of halogens is 1. The third-order valence-electron chi connectivity index (χ3n) is 5.00. The van der Waals surface area contributed by atoms with E-state index in [0.29, 0.717) is 23.7 Å². The molecule has 2 amide bonds. The van der Waals surface area contributed by atoms with Crippen molar-refractivity contribution in [3.63, 3.8) is 0 Å². The topological polar surface area (TPSA) is 86.8 Å². The number of hydrogen-bond acceptors (Lipinski definition) is 4. The average molecular weight is 450 g/mol. The highest BCUT2D eigenvalue weighted by Crippen LogP contribution is 2.31. The van der Waals surface area contributed by atoms with Gasteiger partial charge in [0.25, 0.3) is 0 Å². The number of amides is 2. The number of fused-ring (bicyclic) bond motifs is 1. The molecule has 160 valence electrons. The van der Waals surface area contributed by atoms with Gasteiger partial charge < -0.3 is 10.2 Å². The standard InChI is InChI=1S/C21H24ClN3O4S/c1-15-13-20(26)23-18-5-3-4-6-19(18)25(15)21(27)14-24(2)30(28,29)17-9-7-16(8-10-17)11-12-22/h3-10,15H,11-14H2,1-2H3,(H,23,26)/t15-/m1/s1. The Balaban J connectivity index is 1.83. The highest BCUT2D eigenvalue weighted by atomic mass is 35.5. The van der Waals surface area contributed by atoms with Crippen LogP contribution in [0.25, 0.3) is 0 Å². The van der Waals surface area contributed by atoms with Gasteiger partial charge in [-0.1, -0.05) is 24.3 Å². The summed E-state index contributed by atoms with van der Waals surface area (Å²) in [7, 11) is -2.48. The largest absolute Gasteiger partial charge is 0.324 e. The smallest absolute Gasteiger partial charge is 0.243 e. The zero-order chi connectivity index (χ0) is 21.9. The number of likely N-dealkylation sites (N-methyl/N-ethyl adjacent to an activating group) is 1. The van der Waals surface area contributed by atoms with Crippen molar-refractivity contribution in [1.29, 1.82) is 0 Å². The van der Waals surface area contributed by atoms with E-state index in [9.17, 15) is 18.0 Å². The van der Waals surface area contributed by atoms with Crippen molar-refractivity contribution in [2.45, 2.75) is 30.7 Å². The van der Waals surface area contributed by atoms with E-state index in [1.54, 1.807) is 43.3 Å². The Bertz CT molecular complexity index is 1040. The number of anilines is 2. The van der Waals surface area contributed by atoms with Gasteiger partial charge in [0.05, 0.1) is 22.8 Å².